The van der Waals surface area contributed by atoms with E-state index in [4.69, 9.17) is 9.47 Å². The van der Waals surface area contributed by atoms with Crippen molar-refractivity contribution in [1.29, 1.82) is 0 Å². The van der Waals surface area contributed by atoms with Crippen LogP contribution in [0.1, 0.15) is 61.0 Å². The third kappa shape index (κ3) is 5.37. The van der Waals surface area contributed by atoms with E-state index in [1.54, 1.807) is 18.2 Å². The first-order valence-corrected chi connectivity index (χ1v) is 10.1. The van der Waals surface area contributed by atoms with Gasteiger partial charge in [-0.3, -0.25) is 9.59 Å². The Morgan fingerprint density at radius 2 is 1.76 bits per heavy atom. The van der Waals surface area contributed by atoms with Crippen LogP contribution < -0.4 is 9.47 Å². The van der Waals surface area contributed by atoms with E-state index in [1.165, 1.54) is 19.6 Å². The zero-order chi connectivity index (χ0) is 21.0. The topological polar surface area (TPSA) is 55.8 Å². The Labute approximate surface area is 172 Å². The third-order valence-corrected chi connectivity index (χ3v) is 5.23. The summed E-state index contributed by atoms with van der Waals surface area (Å²) in [6.45, 7) is 6.37. The molecular formula is C24H29NO4. The number of hydrogen-bond donors (Lipinski definition) is 0. The van der Waals surface area contributed by atoms with Crippen molar-refractivity contribution < 1.29 is 19.1 Å². The summed E-state index contributed by atoms with van der Waals surface area (Å²) in [7, 11) is 1.52. The maximum absolute atomic E-state index is 12.9. The Balaban J connectivity index is 1.65. The van der Waals surface area contributed by atoms with Crippen LogP contribution in [0, 0.1) is 0 Å². The van der Waals surface area contributed by atoms with Gasteiger partial charge in [-0.05, 0) is 55.0 Å². The molecule has 0 spiro atoms. The fourth-order valence-electron chi connectivity index (χ4n) is 3.24. The summed E-state index contributed by atoms with van der Waals surface area (Å²) in [4.78, 5) is 26.3. The summed E-state index contributed by atoms with van der Waals surface area (Å²) in [6, 6.07) is 13.7. The Bertz CT molecular complexity index is 869. The molecule has 0 aliphatic heterocycles. The van der Waals surface area contributed by atoms with Crippen molar-refractivity contribution in [2.75, 3.05) is 13.7 Å². The van der Waals surface area contributed by atoms with Gasteiger partial charge < -0.3 is 14.4 Å². The van der Waals surface area contributed by atoms with Crippen molar-refractivity contribution in [1.82, 2.24) is 4.90 Å². The summed E-state index contributed by atoms with van der Waals surface area (Å²) >= 11 is 0. The first-order valence-electron chi connectivity index (χ1n) is 10.1. The number of carbonyl (C=O) groups excluding carboxylic acids is 2. The number of methoxy groups -OCH3 is 1. The van der Waals surface area contributed by atoms with Crippen LogP contribution in [0.15, 0.2) is 42.5 Å². The maximum Gasteiger partial charge on any atom is 0.261 e. The maximum atomic E-state index is 12.9. The molecule has 2 aromatic rings. The monoisotopic (exact) mass is 395 g/mol. The second-order valence-electron chi connectivity index (χ2n) is 7.86. The minimum absolute atomic E-state index is 0.0434. The summed E-state index contributed by atoms with van der Waals surface area (Å²) in [6.07, 6.45) is 2.07. The molecular weight excluding hydrogens is 366 g/mol. The molecule has 5 heteroatoms. The predicted molar refractivity (Wildman–Crippen MR) is 113 cm³/mol. The third-order valence-electron chi connectivity index (χ3n) is 5.23. The fraction of sp³-hybridized carbons (Fsp3) is 0.417. The van der Waals surface area contributed by atoms with Crippen LogP contribution in [0.3, 0.4) is 0 Å². The normalized spacial score (nSPS) is 13.3. The van der Waals surface area contributed by atoms with Crippen molar-refractivity contribution in [3.63, 3.8) is 0 Å². The van der Waals surface area contributed by atoms with Gasteiger partial charge in [0.15, 0.2) is 23.9 Å². The van der Waals surface area contributed by atoms with Gasteiger partial charge in [0.05, 0.1) is 7.11 Å². The van der Waals surface area contributed by atoms with E-state index < -0.39 is 0 Å². The minimum atomic E-state index is -0.0592. The molecule has 0 unspecified atom stereocenters. The largest absolute Gasteiger partial charge is 0.493 e. The summed E-state index contributed by atoms with van der Waals surface area (Å²) in [5.74, 6) is 1.31. The van der Waals surface area contributed by atoms with E-state index in [-0.39, 0.29) is 24.3 Å². The zero-order valence-corrected chi connectivity index (χ0v) is 17.6. The number of benzene rings is 2. The average molecular weight is 395 g/mol. The summed E-state index contributed by atoms with van der Waals surface area (Å²) in [5, 5.41) is 0. The molecule has 0 radical (unpaired) electrons. The van der Waals surface area contributed by atoms with Gasteiger partial charge in [-0.15, -0.1) is 0 Å². The number of Topliss-reactive ketones (excluding diaryl/α,β-unsaturated/α-hetero) is 1. The SMILES string of the molecule is COc1cc(C(C)=O)ccc1OCC(=O)N(Cc1ccc(C(C)C)cc1)C1CC1. The smallest absolute Gasteiger partial charge is 0.261 e. The van der Waals surface area contributed by atoms with Crippen molar-refractivity contribution in [3.8, 4) is 11.5 Å². The molecule has 0 N–H and O–H groups in total. The first-order chi connectivity index (χ1) is 13.9. The van der Waals surface area contributed by atoms with E-state index in [0.29, 0.717) is 29.5 Å². The van der Waals surface area contributed by atoms with Crippen molar-refractivity contribution in [2.45, 2.75) is 52.1 Å². The predicted octanol–water partition coefficient (Wildman–Crippen LogP) is 4.59. The van der Waals surface area contributed by atoms with Gasteiger partial charge in [0, 0.05) is 18.2 Å². The molecule has 1 fully saturated rings. The fourth-order valence-corrected chi connectivity index (χ4v) is 3.24. The van der Waals surface area contributed by atoms with Gasteiger partial charge >= 0.3 is 0 Å². The van der Waals surface area contributed by atoms with Gasteiger partial charge in [0.1, 0.15) is 0 Å². The highest BCUT2D eigenvalue weighted by atomic mass is 16.5. The average Bonchev–Trinajstić information content (AvgIpc) is 3.55. The lowest BCUT2D eigenvalue weighted by Gasteiger charge is -2.23. The second-order valence-corrected chi connectivity index (χ2v) is 7.86. The van der Waals surface area contributed by atoms with Crippen LogP contribution in [0.2, 0.25) is 0 Å². The van der Waals surface area contributed by atoms with Gasteiger partial charge in [0.25, 0.3) is 5.91 Å². The molecule has 0 aromatic heterocycles. The van der Waals surface area contributed by atoms with Gasteiger partial charge in [-0.2, -0.15) is 0 Å². The van der Waals surface area contributed by atoms with Crippen LogP contribution in [-0.4, -0.2) is 36.3 Å². The van der Waals surface area contributed by atoms with E-state index in [0.717, 1.165) is 18.4 Å². The molecule has 5 nitrogen and oxygen atoms in total. The second kappa shape index (κ2) is 9.12. The first kappa shape index (κ1) is 20.9. The number of nitrogens with zero attached hydrogens (tertiary/aromatic N) is 1. The van der Waals surface area contributed by atoms with E-state index in [9.17, 15) is 9.59 Å². The number of ether oxygens (including phenoxy) is 2. The molecule has 1 saturated carbocycles. The molecule has 0 atom stereocenters. The lowest BCUT2D eigenvalue weighted by atomic mass is 10.0. The van der Waals surface area contributed by atoms with E-state index >= 15 is 0 Å². The number of hydrogen-bond acceptors (Lipinski definition) is 4. The van der Waals surface area contributed by atoms with Gasteiger partial charge in [0.2, 0.25) is 0 Å². The van der Waals surface area contributed by atoms with Crippen LogP contribution >= 0.6 is 0 Å². The summed E-state index contributed by atoms with van der Waals surface area (Å²) in [5.41, 5.74) is 2.96. The van der Waals surface area contributed by atoms with Crippen LogP contribution in [0.4, 0.5) is 0 Å². The zero-order valence-electron chi connectivity index (χ0n) is 17.6. The standard InChI is InChI=1S/C24H29NO4/c1-16(2)19-7-5-18(6-8-19)14-25(21-10-11-21)24(27)15-29-22-12-9-20(17(3)26)13-23(22)28-4/h5-9,12-13,16,21H,10-11,14-15H2,1-4H3. The highest BCUT2D eigenvalue weighted by Crippen LogP contribution is 2.31. The van der Waals surface area contributed by atoms with Gasteiger partial charge in [-0.1, -0.05) is 38.1 Å². The Morgan fingerprint density at radius 3 is 2.31 bits per heavy atom. The number of ketones is 1. The number of rotatable bonds is 9. The molecule has 1 aliphatic rings. The molecule has 0 heterocycles. The molecule has 154 valence electrons. The Kier molecular flexibility index (Phi) is 6.57. The molecule has 1 aliphatic carbocycles. The molecule has 0 saturated heterocycles. The summed E-state index contributed by atoms with van der Waals surface area (Å²) < 4.78 is 11.1. The van der Waals surface area contributed by atoms with Crippen molar-refractivity contribution in [3.05, 3.63) is 59.2 Å². The quantitative estimate of drug-likeness (QED) is 0.583. The highest BCUT2D eigenvalue weighted by molar-refractivity contribution is 5.94. The van der Waals surface area contributed by atoms with Crippen LogP contribution in [0.5, 0.6) is 11.5 Å². The molecule has 3 rings (SSSR count). The highest BCUT2D eigenvalue weighted by Gasteiger charge is 2.32. The van der Waals surface area contributed by atoms with E-state index in [1.807, 2.05) is 4.90 Å². The lowest BCUT2D eigenvalue weighted by molar-refractivity contribution is -0.134. The number of carbonyl (C=O) groups is 2. The van der Waals surface area contributed by atoms with Crippen molar-refractivity contribution >= 4 is 11.7 Å². The molecule has 1 amide bonds. The lowest BCUT2D eigenvalue weighted by Crippen LogP contribution is -2.36. The van der Waals surface area contributed by atoms with Gasteiger partial charge in [-0.25, -0.2) is 0 Å². The van der Waals surface area contributed by atoms with Crippen LogP contribution in [0.25, 0.3) is 0 Å². The Morgan fingerprint density at radius 1 is 1.07 bits per heavy atom. The molecule has 2 aromatic carbocycles. The number of amides is 1. The van der Waals surface area contributed by atoms with Crippen LogP contribution in [-0.2, 0) is 11.3 Å². The van der Waals surface area contributed by atoms with Crippen molar-refractivity contribution in [2.24, 2.45) is 0 Å². The molecule has 29 heavy (non-hydrogen) atoms. The minimum Gasteiger partial charge on any atom is -0.493 e. The molecule has 0 bridgehead atoms. The van der Waals surface area contributed by atoms with E-state index in [2.05, 4.69) is 38.1 Å². The Hall–Kier alpha value is -2.82.